The van der Waals surface area contributed by atoms with Crippen LogP contribution in [0.3, 0.4) is 0 Å². The molecule has 4 aliphatic carbocycles. The number of nitrogens with zero attached hydrogens (tertiary/aromatic N) is 3. The zero-order valence-electron chi connectivity index (χ0n) is 70.8. The largest absolute Gasteiger partial charge is 0.306 e. The molecular weight excluding hydrogens is 1200 g/mol. The van der Waals surface area contributed by atoms with Gasteiger partial charge in [-0.1, -0.05) is 395 Å². The molecule has 0 aliphatic heterocycles. The van der Waals surface area contributed by atoms with E-state index in [-0.39, 0.29) is 0 Å². The van der Waals surface area contributed by atoms with Crippen LogP contribution >= 0.6 is 0 Å². The minimum atomic E-state index is 0.783. The second-order valence-corrected chi connectivity index (χ2v) is 37.3. The highest BCUT2D eigenvalue weighted by Crippen LogP contribution is 2.60. The SMILES string of the molecule is CCCCCCCCCC(CCCCCCCCCCC(C(CCCCCCCCCC(CCCCCCCC(C)[C@@H]1C[C@H]1C[C@H]1C[C@H]1CCCCC)N(C)C)C(CCCCCC(CCCCCCCC)N(C)C)[C@H]1C[C@H]1CCCCCCCC)[C@H]1C[C@H]1CCCCCCCC)N(C)C. The van der Waals surface area contributed by atoms with Gasteiger partial charge in [0.25, 0.3) is 0 Å². The molecule has 0 amide bonds. The Labute approximate surface area is 627 Å². The second-order valence-electron chi connectivity index (χ2n) is 37.3. The maximum Gasteiger partial charge on any atom is 0.00891 e. The van der Waals surface area contributed by atoms with Gasteiger partial charge in [-0.3, -0.25) is 0 Å². The minimum Gasteiger partial charge on any atom is -0.306 e. The average molecular weight is 1390 g/mol. The Morgan fingerprint density at radius 3 is 0.798 bits per heavy atom. The molecule has 99 heavy (non-hydrogen) atoms. The summed E-state index contributed by atoms with van der Waals surface area (Å²) in [6, 6.07) is 2.37. The summed E-state index contributed by atoms with van der Waals surface area (Å²) < 4.78 is 0. The van der Waals surface area contributed by atoms with Crippen molar-refractivity contribution < 1.29 is 0 Å². The number of unbranched alkanes of at least 4 members (excludes halogenated alkanes) is 42. The smallest absolute Gasteiger partial charge is 0.00891 e. The molecule has 0 aromatic heterocycles. The highest BCUT2D eigenvalue weighted by atomic mass is 15.1. The summed E-state index contributed by atoms with van der Waals surface area (Å²) in [5.41, 5.74) is 0. The topological polar surface area (TPSA) is 9.72 Å². The Morgan fingerprint density at radius 2 is 0.465 bits per heavy atom. The molecule has 0 spiro atoms. The monoisotopic (exact) mass is 1380 g/mol. The molecule has 3 nitrogen and oxygen atoms in total. The van der Waals surface area contributed by atoms with E-state index in [2.05, 4.69) is 98.5 Å². The first-order valence-corrected chi connectivity index (χ1v) is 47.5. The van der Waals surface area contributed by atoms with Crippen LogP contribution in [0.4, 0.5) is 0 Å². The van der Waals surface area contributed by atoms with Gasteiger partial charge in [-0.2, -0.15) is 0 Å². The van der Waals surface area contributed by atoms with Crippen LogP contribution in [0.15, 0.2) is 0 Å². The predicted octanol–water partition coefficient (Wildman–Crippen LogP) is 31.3. The molecule has 4 fully saturated rings. The van der Waals surface area contributed by atoms with Crippen molar-refractivity contribution in [3.05, 3.63) is 0 Å². The Bertz CT molecular complexity index is 1720. The van der Waals surface area contributed by atoms with Gasteiger partial charge in [0.2, 0.25) is 0 Å². The van der Waals surface area contributed by atoms with Gasteiger partial charge in [-0.25, -0.2) is 0 Å². The van der Waals surface area contributed by atoms with Crippen LogP contribution in [0.2, 0.25) is 0 Å². The molecule has 0 aromatic rings. The molecule has 4 saturated carbocycles. The normalized spacial score (nSPS) is 22.6. The minimum absolute atomic E-state index is 0.783. The summed E-state index contributed by atoms with van der Waals surface area (Å²) in [6.07, 6.45) is 102. The zero-order valence-corrected chi connectivity index (χ0v) is 70.8. The zero-order chi connectivity index (χ0) is 71.2. The van der Waals surface area contributed by atoms with Crippen LogP contribution < -0.4 is 0 Å². The van der Waals surface area contributed by atoms with Gasteiger partial charge in [-0.15, -0.1) is 0 Å². The molecule has 3 heteroatoms. The van der Waals surface area contributed by atoms with Crippen molar-refractivity contribution in [2.45, 2.75) is 503 Å². The van der Waals surface area contributed by atoms with E-state index >= 15 is 0 Å². The fourth-order valence-electron chi connectivity index (χ4n) is 20.6. The van der Waals surface area contributed by atoms with Crippen molar-refractivity contribution in [1.82, 2.24) is 14.7 Å². The molecule has 0 saturated heterocycles. The van der Waals surface area contributed by atoms with Crippen molar-refractivity contribution in [3.8, 4) is 0 Å². The van der Waals surface area contributed by atoms with E-state index in [9.17, 15) is 0 Å². The molecule has 0 bridgehead atoms. The van der Waals surface area contributed by atoms with Gasteiger partial charge in [0.1, 0.15) is 0 Å². The fraction of sp³-hybridized carbons (Fsp3) is 1.00. The van der Waals surface area contributed by atoms with E-state index < -0.39 is 0 Å². The van der Waals surface area contributed by atoms with Gasteiger partial charge in [0, 0.05) is 18.1 Å². The van der Waals surface area contributed by atoms with Crippen molar-refractivity contribution in [2.75, 3.05) is 42.3 Å². The number of rotatable bonds is 78. The van der Waals surface area contributed by atoms with Gasteiger partial charge in [0.15, 0.2) is 0 Å². The third-order valence-corrected chi connectivity index (χ3v) is 28.0. The quantitative estimate of drug-likeness (QED) is 0.0562. The Balaban J connectivity index is 1.32. The highest BCUT2D eigenvalue weighted by Gasteiger charge is 2.51. The van der Waals surface area contributed by atoms with Gasteiger partial charge < -0.3 is 14.7 Å². The van der Waals surface area contributed by atoms with Crippen molar-refractivity contribution >= 4 is 0 Å². The molecule has 0 aromatic carbocycles. The summed E-state index contributed by atoms with van der Waals surface area (Å²) in [5, 5.41) is 0. The Hall–Kier alpha value is -0.120. The fourth-order valence-corrected chi connectivity index (χ4v) is 20.6. The van der Waals surface area contributed by atoms with E-state index in [4.69, 9.17) is 0 Å². The Kier molecular flexibility index (Phi) is 56.1. The highest BCUT2D eigenvalue weighted by molar-refractivity contribution is 5.01. The predicted molar refractivity (Wildman–Crippen MR) is 447 cm³/mol. The van der Waals surface area contributed by atoms with E-state index in [1.54, 1.807) is 70.6 Å². The molecule has 15 atom stereocenters. The molecule has 4 rings (SSSR count). The first-order valence-electron chi connectivity index (χ1n) is 47.5. The molecule has 0 N–H and O–H groups in total. The van der Waals surface area contributed by atoms with Crippen LogP contribution in [0.1, 0.15) is 485 Å². The van der Waals surface area contributed by atoms with Gasteiger partial charge in [-0.05, 0) is 203 Å². The Morgan fingerprint density at radius 1 is 0.222 bits per heavy atom. The summed E-state index contributed by atoms with van der Waals surface area (Å²) in [4.78, 5) is 7.76. The lowest BCUT2D eigenvalue weighted by Crippen LogP contribution is -2.29. The lowest BCUT2D eigenvalue weighted by atomic mass is 9.69. The van der Waals surface area contributed by atoms with Crippen molar-refractivity contribution in [1.29, 1.82) is 0 Å². The number of hydrogen-bond donors (Lipinski definition) is 0. The lowest BCUT2D eigenvalue weighted by Gasteiger charge is -2.36. The summed E-state index contributed by atoms with van der Waals surface area (Å²) in [6.45, 7) is 14.5. The summed E-state index contributed by atoms with van der Waals surface area (Å²) >= 11 is 0. The van der Waals surface area contributed by atoms with Gasteiger partial charge >= 0.3 is 0 Å². The van der Waals surface area contributed by atoms with Crippen LogP contribution in [-0.2, 0) is 0 Å². The lowest BCUT2D eigenvalue weighted by molar-refractivity contribution is 0.132. The van der Waals surface area contributed by atoms with Gasteiger partial charge in [0.05, 0.1) is 0 Å². The second kappa shape index (κ2) is 60.8. The van der Waals surface area contributed by atoms with Crippen LogP contribution in [0.5, 0.6) is 0 Å². The third-order valence-electron chi connectivity index (χ3n) is 28.0. The van der Waals surface area contributed by atoms with E-state index in [0.29, 0.717) is 0 Å². The maximum atomic E-state index is 2.61. The molecule has 0 radical (unpaired) electrons. The van der Waals surface area contributed by atoms with E-state index in [1.807, 2.05) is 0 Å². The van der Waals surface area contributed by atoms with E-state index in [1.165, 1.54) is 372 Å². The first kappa shape index (κ1) is 91.3. The molecule has 4 aliphatic rings. The van der Waals surface area contributed by atoms with Crippen molar-refractivity contribution in [3.63, 3.8) is 0 Å². The summed E-state index contributed by atoms with van der Waals surface area (Å²) in [5.74, 6) is 12.7. The molecule has 7 unspecified atom stereocenters. The molecule has 0 heterocycles. The van der Waals surface area contributed by atoms with E-state index in [0.717, 1.165) is 89.1 Å². The summed E-state index contributed by atoms with van der Waals surface area (Å²) in [7, 11) is 14.3. The van der Waals surface area contributed by atoms with Crippen LogP contribution in [0, 0.1) is 71.0 Å². The van der Waals surface area contributed by atoms with Crippen molar-refractivity contribution in [2.24, 2.45) is 71.0 Å². The molecule has 588 valence electrons. The standard InChI is InChI=1S/C96H189N3/c1-13-18-23-27-34-44-56-69-88(97(7)8)70-57-45-35-31-32-37-49-62-75-92(95-79-84(95)66-53-41-28-24-19-14-2)91(93(96-80-85(96)67-54-42-29-25-20-15-3)76-63-50-60-73-90(99(11)12)68-55-43-30-26-21-16-4)74-61-48-38-33-36-46-58-71-89(98(9)10)72-59-47-39-40-52-64-82(6)94-81-87(94)78-86-77-83(86)65-51-22-17-5/h82-96H,13-81H2,1-12H3/t82?,83-,84-,85-,86-,87-,88?,89?,90?,91?,92?,93?,94+,95+,96+/m1/s1. The third kappa shape index (κ3) is 45.3. The average Bonchev–Trinajstić information content (AvgIpc) is 1.64. The number of hydrogen-bond acceptors (Lipinski definition) is 3. The van der Waals surface area contributed by atoms with Crippen LogP contribution in [0.25, 0.3) is 0 Å². The maximum absolute atomic E-state index is 2.61. The first-order chi connectivity index (χ1) is 48.5. The van der Waals surface area contributed by atoms with Crippen LogP contribution in [-0.4, -0.2) is 75.1 Å². The molecular formula is C96H189N3.